The number of ether oxygens (including phenoxy) is 3. The van der Waals surface area contributed by atoms with E-state index in [1.165, 1.54) is 0 Å². The molecule has 0 amide bonds. The van der Waals surface area contributed by atoms with Gasteiger partial charge in [-0.2, -0.15) is 0 Å². The zero-order valence-electron chi connectivity index (χ0n) is 22.0. The summed E-state index contributed by atoms with van der Waals surface area (Å²) in [7, 11) is 0. The van der Waals surface area contributed by atoms with E-state index in [9.17, 15) is 19.8 Å². The first-order valence-electron chi connectivity index (χ1n) is 12.9. The van der Waals surface area contributed by atoms with Crippen LogP contribution in [0.2, 0.25) is 0 Å². The standard InChI is InChI=1S/C29H39NO7/c1-29(2,3)37-27(33)19-35-24-8-6-7-21(16-24)26(36-28(34)25-9-4-5-14-30-25)13-11-20-10-12-22(17-31)23(15-20)18-32/h6-8,10,12,15-16,25-26,30-32H,4-5,9,11,13-14,17-19H2,1-3H3/t25-,26+/m0/s1. The zero-order valence-corrected chi connectivity index (χ0v) is 22.0. The Morgan fingerprint density at radius 1 is 1.05 bits per heavy atom. The Labute approximate surface area is 218 Å². The maximum Gasteiger partial charge on any atom is 0.344 e. The SMILES string of the molecule is CC(C)(C)OC(=O)COc1cccc([C@@H](CCc2ccc(CO)c(CO)c2)OC(=O)[C@@H]2CCCCN2)c1. The van der Waals surface area contributed by atoms with Crippen LogP contribution in [-0.4, -0.2) is 46.9 Å². The van der Waals surface area contributed by atoms with E-state index in [0.717, 1.165) is 36.9 Å². The van der Waals surface area contributed by atoms with E-state index in [2.05, 4.69) is 5.32 Å². The number of rotatable bonds is 11. The van der Waals surface area contributed by atoms with E-state index in [0.29, 0.717) is 29.7 Å². The van der Waals surface area contributed by atoms with Gasteiger partial charge in [0.1, 0.15) is 23.5 Å². The molecule has 1 fully saturated rings. The number of carbonyl (C=O) groups is 2. The summed E-state index contributed by atoms with van der Waals surface area (Å²) in [5.74, 6) is -0.262. The summed E-state index contributed by atoms with van der Waals surface area (Å²) in [5.41, 5.74) is 2.50. The molecular formula is C29H39NO7. The second-order valence-corrected chi connectivity index (χ2v) is 10.3. The summed E-state index contributed by atoms with van der Waals surface area (Å²) in [6, 6.07) is 12.5. The largest absolute Gasteiger partial charge is 0.482 e. The molecule has 0 spiro atoms. The van der Waals surface area contributed by atoms with Crippen LogP contribution in [-0.2, 0) is 38.7 Å². The molecule has 0 aliphatic carbocycles. The van der Waals surface area contributed by atoms with E-state index in [1.807, 2.05) is 18.2 Å². The van der Waals surface area contributed by atoms with Crippen LogP contribution in [0.15, 0.2) is 42.5 Å². The van der Waals surface area contributed by atoms with Crippen molar-refractivity contribution in [3.05, 3.63) is 64.7 Å². The highest BCUT2D eigenvalue weighted by molar-refractivity contribution is 5.76. The maximum absolute atomic E-state index is 13.0. The summed E-state index contributed by atoms with van der Waals surface area (Å²) in [6.45, 7) is 5.66. The number of hydrogen-bond acceptors (Lipinski definition) is 8. The lowest BCUT2D eigenvalue weighted by Gasteiger charge is -2.26. The van der Waals surface area contributed by atoms with Crippen LogP contribution in [0.4, 0.5) is 0 Å². The summed E-state index contributed by atoms with van der Waals surface area (Å²) < 4.78 is 17.0. The summed E-state index contributed by atoms with van der Waals surface area (Å²) in [4.78, 5) is 25.0. The maximum atomic E-state index is 13.0. The molecule has 0 radical (unpaired) electrons. The molecule has 0 unspecified atom stereocenters. The fraction of sp³-hybridized carbons (Fsp3) is 0.517. The Morgan fingerprint density at radius 2 is 1.84 bits per heavy atom. The summed E-state index contributed by atoms with van der Waals surface area (Å²) >= 11 is 0. The molecule has 0 saturated carbocycles. The van der Waals surface area contributed by atoms with Crippen LogP contribution in [0.1, 0.15) is 74.8 Å². The van der Waals surface area contributed by atoms with E-state index >= 15 is 0 Å². The minimum atomic E-state index is -0.597. The molecule has 202 valence electrons. The third kappa shape index (κ3) is 9.14. The molecule has 8 heteroatoms. The predicted octanol–water partition coefficient (Wildman–Crippen LogP) is 3.75. The van der Waals surface area contributed by atoms with Gasteiger partial charge in [-0.15, -0.1) is 0 Å². The summed E-state index contributed by atoms with van der Waals surface area (Å²) in [6.07, 6.45) is 3.34. The molecule has 1 aliphatic rings. The molecule has 3 rings (SSSR count). The van der Waals surface area contributed by atoms with Gasteiger partial charge in [-0.3, -0.25) is 4.79 Å². The monoisotopic (exact) mass is 513 g/mol. The van der Waals surface area contributed by atoms with E-state index < -0.39 is 17.7 Å². The lowest BCUT2D eigenvalue weighted by atomic mass is 9.97. The number of nitrogens with one attached hydrogen (secondary N) is 1. The van der Waals surface area contributed by atoms with Gasteiger partial charge in [0.15, 0.2) is 6.61 Å². The number of hydrogen-bond donors (Lipinski definition) is 3. The van der Waals surface area contributed by atoms with Gasteiger partial charge in [-0.05, 0) is 87.4 Å². The Kier molecular flexibility index (Phi) is 10.5. The highest BCUT2D eigenvalue weighted by Crippen LogP contribution is 2.28. The van der Waals surface area contributed by atoms with E-state index in [1.54, 1.807) is 45.0 Å². The molecule has 0 aromatic heterocycles. The van der Waals surface area contributed by atoms with Crippen molar-refractivity contribution in [1.29, 1.82) is 0 Å². The molecule has 2 aromatic rings. The number of carbonyl (C=O) groups excluding carboxylic acids is 2. The molecule has 8 nitrogen and oxygen atoms in total. The predicted molar refractivity (Wildman–Crippen MR) is 139 cm³/mol. The molecule has 1 aliphatic heterocycles. The van der Waals surface area contributed by atoms with Crippen LogP contribution >= 0.6 is 0 Å². The van der Waals surface area contributed by atoms with Crippen LogP contribution in [0.3, 0.4) is 0 Å². The van der Waals surface area contributed by atoms with Gasteiger partial charge in [0.2, 0.25) is 0 Å². The molecule has 0 bridgehead atoms. The van der Waals surface area contributed by atoms with Gasteiger partial charge in [-0.25, -0.2) is 4.79 Å². The lowest BCUT2D eigenvalue weighted by molar-refractivity contribution is -0.157. The van der Waals surface area contributed by atoms with Crippen molar-refractivity contribution >= 4 is 11.9 Å². The number of esters is 2. The second kappa shape index (κ2) is 13.6. The summed E-state index contributed by atoms with van der Waals surface area (Å²) in [5, 5.41) is 22.4. The average molecular weight is 514 g/mol. The quantitative estimate of drug-likeness (QED) is 0.389. The highest BCUT2D eigenvalue weighted by Gasteiger charge is 2.26. The zero-order chi connectivity index (χ0) is 26.8. The van der Waals surface area contributed by atoms with Crippen molar-refractivity contribution < 1.29 is 34.0 Å². The fourth-order valence-electron chi connectivity index (χ4n) is 4.32. The molecule has 2 atom stereocenters. The average Bonchev–Trinajstić information content (AvgIpc) is 2.89. The first kappa shape index (κ1) is 28.6. The Bertz CT molecular complexity index is 1040. The van der Waals surface area contributed by atoms with Crippen LogP contribution in [0, 0.1) is 0 Å². The third-order valence-corrected chi connectivity index (χ3v) is 6.17. The van der Waals surface area contributed by atoms with Crippen LogP contribution in [0.5, 0.6) is 5.75 Å². The van der Waals surface area contributed by atoms with Gasteiger partial charge in [0.25, 0.3) is 0 Å². The number of aryl methyl sites for hydroxylation is 1. The molecule has 2 aromatic carbocycles. The van der Waals surface area contributed by atoms with E-state index in [-0.39, 0.29) is 31.8 Å². The van der Waals surface area contributed by atoms with Crippen molar-refractivity contribution in [2.45, 2.75) is 83.8 Å². The van der Waals surface area contributed by atoms with Crippen molar-refractivity contribution in [2.75, 3.05) is 13.2 Å². The first-order valence-corrected chi connectivity index (χ1v) is 12.9. The smallest absolute Gasteiger partial charge is 0.344 e. The Morgan fingerprint density at radius 3 is 2.51 bits per heavy atom. The van der Waals surface area contributed by atoms with Crippen molar-refractivity contribution in [2.24, 2.45) is 0 Å². The molecule has 1 saturated heterocycles. The van der Waals surface area contributed by atoms with Crippen molar-refractivity contribution in [1.82, 2.24) is 5.32 Å². The molecule has 3 N–H and O–H groups in total. The number of piperidine rings is 1. The second-order valence-electron chi connectivity index (χ2n) is 10.3. The number of aliphatic hydroxyl groups excluding tert-OH is 2. The highest BCUT2D eigenvalue weighted by atomic mass is 16.6. The molecule has 1 heterocycles. The minimum Gasteiger partial charge on any atom is -0.482 e. The minimum absolute atomic E-state index is 0.138. The lowest BCUT2D eigenvalue weighted by Crippen LogP contribution is -2.41. The molecule has 37 heavy (non-hydrogen) atoms. The van der Waals surface area contributed by atoms with Crippen LogP contribution < -0.4 is 10.1 Å². The van der Waals surface area contributed by atoms with E-state index in [4.69, 9.17) is 14.2 Å². The van der Waals surface area contributed by atoms with Crippen LogP contribution in [0.25, 0.3) is 0 Å². The third-order valence-electron chi connectivity index (χ3n) is 6.17. The normalized spacial score (nSPS) is 16.6. The van der Waals surface area contributed by atoms with Gasteiger partial charge in [0, 0.05) is 0 Å². The van der Waals surface area contributed by atoms with Crippen molar-refractivity contribution in [3.63, 3.8) is 0 Å². The van der Waals surface area contributed by atoms with Gasteiger partial charge < -0.3 is 29.7 Å². The molecular weight excluding hydrogens is 474 g/mol. The van der Waals surface area contributed by atoms with Gasteiger partial charge in [0.05, 0.1) is 13.2 Å². The Hall–Kier alpha value is -2.94. The van der Waals surface area contributed by atoms with Crippen molar-refractivity contribution in [3.8, 4) is 5.75 Å². The Balaban J connectivity index is 1.74. The fourth-order valence-corrected chi connectivity index (χ4v) is 4.32. The number of aliphatic hydroxyl groups is 2. The topological polar surface area (TPSA) is 114 Å². The van der Waals surface area contributed by atoms with Gasteiger partial charge >= 0.3 is 11.9 Å². The van der Waals surface area contributed by atoms with Gasteiger partial charge in [-0.1, -0.05) is 36.8 Å². The number of benzene rings is 2. The first-order chi connectivity index (χ1) is 17.7.